The first-order valence-corrected chi connectivity index (χ1v) is 4.85. The summed E-state index contributed by atoms with van der Waals surface area (Å²) in [7, 11) is 0. The summed E-state index contributed by atoms with van der Waals surface area (Å²) in [6, 6.07) is 1.74. The van der Waals surface area contributed by atoms with Gasteiger partial charge in [0.05, 0.1) is 12.1 Å². The predicted molar refractivity (Wildman–Crippen MR) is 57.8 cm³/mol. The molecule has 1 N–H and O–H groups in total. The van der Waals surface area contributed by atoms with E-state index in [0.717, 1.165) is 0 Å². The summed E-state index contributed by atoms with van der Waals surface area (Å²) in [4.78, 5) is 21.5. The summed E-state index contributed by atoms with van der Waals surface area (Å²) < 4.78 is 1.96. The lowest BCUT2D eigenvalue weighted by Gasteiger charge is -2.20. The third-order valence-corrected chi connectivity index (χ3v) is 2.08. The SMILES string of the molecule is CC(C)(C)n1ccc(C(=O)NCC=O)c1. The molecule has 1 aromatic heterocycles. The van der Waals surface area contributed by atoms with Crippen molar-refractivity contribution in [2.75, 3.05) is 6.54 Å². The van der Waals surface area contributed by atoms with E-state index in [4.69, 9.17) is 0 Å². The van der Waals surface area contributed by atoms with Crippen molar-refractivity contribution in [2.45, 2.75) is 26.3 Å². The molecule has 15 heavy (non-hydrogen) atoms. The Balaban J connectivity index is 2.76. The molecule has 4 heteroatoms. The minimum atomic E-state index is -0.217. The molecule has 4 nitrogen and oxygen atoms in total. The Morgan fingerprint density at radius 2 is 2.20 bits per heavy atom. The summed E-state index contributed by atoms with van der Waals surface area (Å²) in [6.45, 7) is 6.22. The van der Waals surface area contributed by atoms with Gasteiger partial charge in [-0.3, -0.25) is 4.79 Å². The minimum Gasteiger partial charge on any atom is -0.348 e. The second kappa shape index (κ2) is 4.29. The number of rotatable bonds is 3. The Labute approximate surface area is 89.3 Å². The molecule has 0 unspecified atom stereocenters. The lowest BCUT2D eigenvalue weighted by molar-refractivity contribution is -0.107. The number of carbonyl (C=O) groups is 2. The van der Waals surface area contributed by atoms with Crippen LogP contribution in [0.4, 0.5) is 0 Å². The van der Waals surface area contributed by atoms with Crippen LogP contribution in [0, 0.1) is 0 Å². The van der Waals surface area contributed by atoms with Crippen LogP contribution in [0.1, 0.15) is 31.1 Å². The number of aromatic nitrogens is 1. The van der Waals surface area contributed by atoms with E-state index < -0.39 is 0 Å². The molecule has 1 aromatic rings. The maximum absolute atomic E-state index is 11.5. The number of hydrogen-bond acceptors (Lipinski definition) is 2. The second-order valence-electron chi connectivity index (χ2n) is 4.35. The molecule has 1 rings (SSSR count). The standard InChI is InChI=1S/C11H16N2O2/c1-11(2,3)13-6-4-9(8-13)10(15)12-5-7-14/h4,6-8H,5H2,1-3H3,(H,12,15). The molecular weight excluding hydrogens is 192 g/mol. The van der Waals surface area contributed by atoms with Crippen molar-refractivity contribution in [1.82, 2.24) is 9.88 Å². The van der Waals surface area contributed by atoms with Gasteiger partial charge < -0.3 is 14.7 Å². The molecule has 0 aliphatic rings. The van der Waals surface area contributed by atoms with Crippen LogP contribution >= 0.6 is 0 Å². The largest absolute Gasteiger partial charge is 0.348 e. The smallest absolute Gasteiger partial charge is 0.253 e. The normalized spacial score (nSPS) is 11.1. The zero-order chi connectivity index (χ0) is 11.5. The van der Waals surface area contributed by atoms with Crippen molar-refractivity contribution in [3.05, 3.63) is 24.0 Å². The van der Waals surface area contributed by atoms with Gasteiger partial charge in [-0.2, -0.15) is 0 Å². The molecule has 1 heterocycles. The van der Waals surface area contributed by atoms with E-state index in [9.17, 15) is 9.59 Å². The van der Waals surface area contributed by atoms with E-state index in [1.807, 2.05) is 10.8 Å². The Bertz CT molecular complexity index is 361. The van der Waals surface area contributed by atoms with Crippen molar-refractivity contribution >= 4 is 12.2 Å². The first-order valence-electron chi connectivity index (χ1n) is 4.85. The molecule has 82 valence electrons. The van der Waals surface area contributed by atoms with E-state index in [0.29, 0.717) is 11.8 Å². The molecule has 0 aromatic carbocycles. The van der Waals surface area contributed by atoms with Crippen LogP contribution in [-0.2, 0) is 10.3 Å². The fourth-order valence-electron chi connectivity index (χ4n) is 1.18. The molecule has 0 atom stereocenters. The molecule has 0 aliphatic heterocycles. The fourth-order valence-corrected chi connectivity index (χ4v) is 1.18. The van der Waals surface area contributed by atoms with Crippen molar-refractivity contribution in [3.8, 4) is 0 Å². The quantitative estimate of drug-likeness (QED) is 0.758. The van der Waals surface area contributed by atoms with Crippen molar-refractivity contribution in [2.24, 2.45) is 0 Å². The van der Waals surface area contributed by atoms with Gasteiger partial charge in [0.15, 0.2) is 0 Å². The van der Waals surface area contributed by atoms with Crippen LogP contribution in [0.15, 0.2) is 18.5 Å². The fraction of sp³-hybridized carbons (Fsp3) is 0.455. The third-order valence-electron chi connectivity index (χ3n) is 2.08. The van der Waals surface area contributed by atoms with E-state index in [1.54, 1.807) is 12.3 Å². The lowest BCUT2D eigenvalue weighted by Crippen LogP contribution is -2.25. The maximum atomic E-state index is 11.5. The molecule has 0 spiro atoms. The van der Waals surface area contributed by atoms with Crippen molar-refractivity contribution in [3.63, 3.8) is 0 Å². The van der Waals surface area contributed by atoms with Crippen molar-refractivity contribution in [1.29, 1.82) is 0 Å². The van der Waals surface area contributed by atoms with Gasteiger partial charge in [0.2, 0.25) is 0 Å². The van der Waals surface area contributed by atoms with Gasteiger partial charge in [-0.25, -0.2) is 0 Å². The lowest BCUT2D eigenvalue weighted by atomic mass is 10.1. The highest BCUT2D eigenvalue weighted by Gasteiger charge is 2.14. The number of aldehydes is 1. The zero-order valence-corrected chi connectivity index (χ0v) is 9.28. The Morgan fingerprint density at radius 3 is 2.67 bits per heavy atom. The second-order valence-corrected chi connectivity index (χ2v) is 4.35. The summed E-state index contributed by atoms with van der Waals surface area (Å²) in [6.07, 6.45) is 4.30. The first kappa shape index (κ1) is 11.5. The highest BCUT2D eigenvalue weighted by Crippen LogP contribution is 2.15. The summed E-state index contributed by atoms with van der Waals surface area (Å²) in [5.74, 6) is -0.217. The average molecular weight is 208 g/mol. The molecular formula is C11H16N2O2. The van der Waals surface area contributed by atoms with Crippen LogP contribution in [0.5, 0.6) is 0 Å². The van der Waals surface area contributed by atoms with Gasteiger partial charge in [0.1, 0.15) is 6.29 Å². The Hall–Kier alpha value is -1.58. The number of nitrogens with zero attached hydrogens (tertiary/aromatic N) is 1. The summed E-state index contributed by atoms with van der Waals surface area (Å²) in [5.41, 5.74) is 0.537. The number of amides is 1. The molecule has 0 saturated carbocycles. The maximum Gasteiger partial charge on any atom is 0.253 e. The van der Waals surface area contributed by atoms with Gasteiger partial charge in [0.25, 0.3) is 5.91 Å². The highest BCUT2D eigenvalue weighted by molar-refractivity contribution is 5.94. The predicted octanol–water partition coefficient (Wildman–Crippen LogP) is 1.17. The van der Waals surface area contributed by atoms with Crippen LogP contribution in [-0.4, -0.2) is 23.3 Å². The van der Waals surface area contributed by atoms with Gasteiger partial charge in [-0.1, -0.05) is 0 Å². The van der Waals surface area contributed by atoms with Gasteiger partial charge in [0, 0.05) is 17.9 Å². The van der Waals surface area contributed by atoms with Gasteiger partial charge >= 0.3 is 0 Å². The average Bonchev–Trinajstić information content (AvgIpc) is 2.62. The molecule has 0 aliphatic carbocycles. The van der Waals surface area contributed by atoms with Crippen molar-refractivity contribution < 1.29 is 9.59 Å². The van der Waals surface area contributed by atoms with Gasteiger partial charge in [-0.05, 0) is 26.8 Å². The Kier molecular flexibility index (Phi) is 3.29. The topological polar surface area (TPSA) is 51.1 Å². The first-order chi connectivity index (χ1) is 6.95. The summed E-state index contributed by atoms with van der Waals surface area (Å²) in [5, 5.41) is 2.49. The van der Waals surface area contributed by atoms with Crippen LogP contribution in [0.2, 0.25) is 0 Å². The Morgan fingerprint density at radius 1 is 1.53 bits per heavy atom. The van der Waals surface area contributed by atoms with E-state index in [1.165, 1.54) is 0 Å². The van der Waals surface area contributed by atoms with Crippen LogP contribution in [0.25, 0.3) is 0 Å². The van der Waals surface area contributed by atoms with E-state index in [-0.39, 0.29) is 18.0 Å². The molecule has 0 bridgehead atoms. The summed E-state index contributed by atoms with van der Waals surface area (Å²) >= 11 is 0. The number of carbonyl (C=O) groups excluding carboxylic acids is 2. The number of hydrogen-bond donors (Lipinski definition) is 1. The third kappa shape index (κ3) is 2.94. The molecule has 1 amide bonds. The number of nitrogens with one attached hydrogen (secondary N) is 1. The monoisotopic (exact) mass is 208 g/mol. The van der Waals surface area contributed by atoms with Gasteiger partial charge in [-0.15, -0.1) is 0 Å². The zero-order valence-electron chi connectivity index (χ0n) is 9.28. The van der Waals surface area contributed by atoms with E-state index in [2.05, 4.69) is 26.1 Å². The molecule has 0 fully saturated rings. The highest BCUT2D eigenvalue weighted by atomic mass is 16.2. The van der Waals surface area contributed by atoms with E-state index >= 15 is 0 Å². The van der Waals surface area contributed by atoms with Crippen LogP contribution in [0.3, 0.4) is 0 Å². The molecule has 0 radical (unpaired) electrons. The molecule has 0 saturated heterocycles. The van der Waals surface area contributed by atoms with Crippen LogP contribution < -0.4 is 5.32 Å². The minimum absolute atomic E-state index is 0.0385.